The van der Waals surface area contributed by atoms with E-state index < -0.39 is 5.41 Å². The van der Waals surface area contributed by atoms with Gasteiger partial charge in [0, 0.05) is 10.2 Å². The number of nitrogens with one attached hydrogen (secondary N) is 1. The minimum atomic E-state index is -0.762. The third-order valence-electron chi connectivity index (χ3n) is 3.22. The largest absolute Gasteiger partial charge is 0.392 e. The monoisotopic (exact) mass is 328 g/mol. The third-order valence-corrected chi connectivity index (χ3v) is 4.13. The Morgan fingerprint density at radius 2 is 1.83 bits per heavy atom. The first-order chi connectivity index (χ1) is 8.46. The molecule has 1 aromatic rings. The number of anilines is 1. The molecular weight excluding hydrogens is 312 g/mol. The molecule has 1 amide bonds. The molecule has 5 heteroatoms. The van der Waals surface area contributed by atoms with Crippen molar-refractivity contribution < 1.29 is 4.79 Å². The predicted molar refractivity (Wildman–Crippen MR) is 82.6 cm³/mol. The van der Waals surface area contributed by atoms with Crippen LogP contribution in [0.25, 0.3) is 0 Å². The zero-order valence-electron chi connectivity index (χ0n) is 10.5. The van der Waals surface area contributed by atoms with Crippen LogP contribution in [-0.4, -0.2) is 10.9 Å². The predicted octanol–water partition coefficient (Wildman–Crippen LogP) is 3.48. The Labute approximate surface area is 121 Å². The van der Waals surface area contributed by atoms with Gasteiger partial charge in [-0.1, -0.05) is 42.0 Å². The second kappa shape index (κ2) is 6.29. The maximum Gasteiger partial charge on any atom is 0.237 e. The van der Waals surface area contributed by atoms with Crippen molar-refractivity contribution >= 4 is 44.7 Å². The fourth-order valence-electron chi connectivity index (χ4n) is 1.82. The van der Waals surface area contributed by atoms with E-state index in [-0.39, 0.29) is 10.9 Å². The molecule has 18 heavy (non-hydrogen) atoms. The number of hydrogen-bond acceptors (Lipinski definition) is 2. The van der Waals surface area contributed by atoms with Gasteiger partial charge in [0.1, 0.15) is 0 Å². The highest BCUT2D eigenvalue weighted by molar-refractivity contribution is 9.10. The third kappa shape index (κ3) is 3.09. The fourth-order valence-corrected chi connectivity index (χ4v) is 2.46. The Morgan fingerprint density at radius 3 is 2.22 bits per heavy atom. The zero-order valence-corrected chi connectivity index (χ0v) is 12.9. The Hall–Kier alpha value is -0.940. The van der Waals surface area contributed by atoms with E-state index in [1.807, 2.05) is 38.1 Å². The van der Waals surface area contributed by atoms with Crippen molar-refractivity contribution in [2.24, 2.45) is 11.1 Å². The summed E-state index contributed by atoms with van der Waals surface area (Å²) < 4.78 is 0.965. The van der Waals surface area contributed by atoms with Gasteiger partial charge < -0.3 is 11.1 Å². The minimum absolute atomic E-state index is 0.137. The highest BCUT2D eigenvalue weighted by Gasteiger charge is 2.38. The summed E-state index contributed by atoms with van der Waals surface area (Å²) in [6.45, 7) is 3.84. The summed E-state index contributed by atoms with van der Waals surface area (Å²) in [5, 5.41) is 2.87. The van der Waals surface area contributed by atoms with E-state index in [1.165, 1.54) is 0 Å². The smallest absolute Gasteiger partial charge is 0.237 e. The van der Waals surface area contributed by atoms with Crippen molar-refractivity contribution in [1.82, 2.24) is 0 Å². The maximum atomic E-state index is 12.3. The van der Waals surface area contributed by atoms with Gasteiger partial charge in [0.25, 0.3) is 0 Å². The van der Waals surface area contributed by atoms with Gasteiger partial charge in [-0.25, -0.2) is 0 Å². The van der Waals surface area contributed by atoms with E-state index in [1.54, 1.807) is 0 Å². The summed E-state index contributed by atoms with van der Waals surface area (Å²) in [4.78, 5) is 12.6. The summed E-state index contributed by atoms with van der Waals surface area (Å²) in [6, 6.07) is 7.40. The highest BCUT2D eigenvalue weighted by Crippen LogP contribution is 2.29. The Morgan fingerprint density at radius 1 is 1.33 bits per heavy atom. The molecule has 3 N–H and O–H groups in total. The van der Waals surface area contributed by atoms with Crippen molar-refractivity contribution in [2.75, 3.05) is 5.32 Å². The number of halogens is 1. The van der Waals surface area contributed by atoms with Crippen LogP contribution in [-0.2, 0) is 4.79 Å². The van der Waals surface area contributed by atoms with E-state index in [4.69, 9.17) is 18.0 Å². The molecule has 1 aromatic carbocycles. The van der Waals surface area contributed by atoms with Crippen molar-refractivity contribution in [3.8, 4) is 0 Å². The van der Waals surface area contributed by atoms with Crippen LogP contribution >= 0.6 is 28.1 Å². The summed E-state index contributed by atoms with van der Waals surface area (Å²) in [7, 11) is 0. The van der Waals surface area contributed by atoms with Crippen LogP contribution in [0.15, 0.2) is 28.7 Å². The molecule has 0 aliphatic carbocycles. The van der Waals surface area contributed by atoms with Crippen LogP contribution in [0.2, 0.25) is 0 Å². The summed E-state index contributed by atoms with van der Waals surface area (Å²) >= 11 is 8.40. The molecule has 0 spiro atoms. The number of benzene rings is 1. The first-order valence-corrected chi connectivity index (χ1v) is 7.03. The SMILES string of the molecule is CCC(CC)(C(=O)Nc1ccc(Br)cc1)C(N)=S. The zero-order chi connectivity index (χ0) is 13.8. The summed E-state index contributed by atoms with van der Waals surface area (Å²) in [6.07, 6.45) is 1.20. The lowest BCUT2D eigenvalue weighted by Gasteiger charge is -2.28. The van der Waals surface area contributed by atoms with Gasteiger partial charge in [0.15, 0.2) is 0 Å². The molecule has 0 aromatic heterocycles. The molecule has 0 saturated carbocycles. The number of nitrogens with two attached hydrogens (primary N) is 1. The molecule has 1 rings (SSSR count). The number of rotatable bonds is 5. The molecular formula is C13H17BrN2OS. The topological polar surface area (TPSA) is 55.1 Å². The van der Waals surface area contributed by atoms with E-state index >= 15 is 0 Å². The number of amides is 1. The van der Waals surface area contributed by atoms with Crippen molar-refractivity contribution in [3.05, 3.63) is 28.7 Å². The van der Waals surface area contributed by atoms with Gasteiger partial charge in [0.2, 0.25) is 5.91 Å². The molecule has 0 fully saturated rings. The molecule has 0 aliphatic heterocycles. The lowest BCUT2D eigenvalue weighted by atomic mass is 9.81. The van der Waals surface area contributed by atoms with E-state index in [9.17, 15) is 4.79 Å². The average Bonchev–Trinajstić information content (AvgIpc) is 2.34. The van der Waals surface area contributed by atoms with Crippen LogP contribution in [0.4, 0.5) is 5.69 Å². The van der Waals surface area contributed by atoms with Gasteiger partial charge in [-0.05, 0) is 37.1 Å². The van der Waals surface area contributed by atoms with Gasteiger partial charge in [-0.3, -0.25) is 4.79 Å². The molecule has 3 nitrogen and oxygen atoms in total. The normalized spacial score (nSPS) is 11.1. The Bertz CT molecular complexity index is 441. The van der Waals surface area contributed by atoms with Crippen LogP contribution in [0, 0.1) is 5.41 Å². The van der Waals surface area contributed by atoms with E-state index in [0.717, 1.165) is 10.2 Å². The Kier molecular flexibility index (Phi) is 5.28. The van der Waals surface area contributed by atoms with Crippen LogP contribution in [0.5, 0.6) is 0 Å². The van der Waals surface area contributed by atoms with Gasteiger partial charge in [-0.2, -0.15) is 0 Å². The molecule has 98 valence electrons. The Balaban J connectivity index is 2.92. The molecule has 0 aliphatic rings. The van der Waals surface area contributed by atoms with Gasteiger partial charge >= 0.3 is 0 Å². The molecule has 0 atom stereocenters. The van der Waals surface area contributed by atoms with Gasteiger partial charge in [-0.15, -0.1) is 0 Å². The maximum absolute atomic E-state index is 12.3. The standard InChI is InChI=1S/C13H17BrN2OS/c1-3-13(4-2,11(15)18)12(17)16-10-7-5-9(14)6-8-10/h5-8H,3-4H2,1-2H3,(H2,15,18)(H,16,17). The fraction of sp³-hybridized carbons (Fsp3) is 0.385. The van der Waals surface area contributed by atoms with Crippen molar-refractivity contribution in [1.29, 1.82) is 0 Å². The minimum Gasteiger partial charge on any atom is -0.392 e. The molecule has 0 unspecified atom stereocenters. The molecule has 0 heterocycles. The molecule has 0 saturated heterocycles. The van der Waals surface area contributed by atoms with E-state index in [2.05, 4.69) is 21.2 Å². The second-order valence-corrected chi connectivity index (χ2v) is 5.47. The first kappa shape index (κ1) is 15.1. The number of carbonyl (C=O) groups is 1. The van der Waals surface area contributed by atoms with E-state index in [0.29, 0.717) is 12.8 Å². The molecule has 0 bridgehead atoms. The number of hydrogen-bond donors (Lipinski definition) is 2. The van der Waals surface area contributed by atoms with Crippen LogP contribution in [0.3, 0.4) is 0 Å². The highest BCUT2D eigenvalue weighted by atomic mass is 79.9. The summed E-state index contributed by atoms with van der Waals surface area (Å²) in [5.41, 5.74) is 5.71. The summed E-state index contributed by atoms with van der Waals surface area (Å²) in [5.74, 6) is -0.137. The van der Waals surface area contributed by atoms with Gasteiger partial charge in [0.05, 0.1) is 10.4 Å². The average molecular weight is 329 g/mol. The lowest BCUT2D eigenvalue weighted by Crippen LogP contribution is -2.45. The number of carbonyl (C=O) groups excluding carboxylic acids is 1. The van der Waals surface area contributed by atoms with Crippen molar-refractivity contribution in [2.45, 2.75) is 26.7 Å². The molecule has 0 radical (unpaired) electrons. The second-order valence-electron chi connectivity index (χ2n) is 4.11. The van der Waals surface area contributed by atoms with Crippen LogP contribution < -0.4 is 11.1 Å². The van der Waals surface area contributed by atoms with Crippen molar-refractivity contribution in [3.63, 3.8) is 0 Å². The first-order valence-electron chi connectivity index (χ1n) is 5.83. The number of thiocarbonyl (C=S) groups is 1. The van der Waals surface area contributed by atoms with Crippen LogP contribution in [0.1, 0.15) is 26.7 Å². The lowest BCUT2D eigenvalue weighted by molar-refractivity contribution is -0.122. The quantitative estimate of drug-likeness (QED) is 0.813.